The van der Waals surface area contributed by atoms with Crippen LogP contribution in [0.1, 0.15) is 10.4 Å². The van der Waals surface area contributed by atoms with Gasteiger partial charge in [-0.05, 0) is 22.0 Å². The zero-order chi connectivity index (χ0) is 11.5. The number of nitrogens with one attached hydrogen (secondary N) is 1. The monoisotopic (exact) mass is 300 g/mol. The number of carbonyl (C=O) groups is 1. The summed E-state index contributed by atoms with van der Waals surface area (Å²) < 4.78 is 4.86. The molecule has 2 rings (SSSR count). The molecule has 0 fully saturated rings. The van der Waals surface area contributed by atoms with Crippen molar-refractivity contribution in [3.8, 4) is 0 Å². The zero-order valence-electron chi connectivity index (χ0n) is 7.77. The number of hydrogen-bond donors (Lipinski definition) is 1. The van der Waals surface area contributed by atoms with Crippen molar-refractivity contribution in [2.45, 2.75) is 0 Å². The molecule has 0 bridgehead atoms. The molecule has 5 nitrogen and oxygen atoms in total. The minimum absolute atomic E-state index is 0.208. The first-order chi connectivity index (χ1) is 7.66. The van der Waals surface area contributed by atoms with E-state index in [1.54, 1.807) is 11.6 Å². The molecule has 16 heavy (non-hydrogen) atoms. The van der Waals surface area contributed by atoms with Crippen LogP contribution in [-0.4, -0.2) is 10.9 Å². The maximum atomic E-state index is 11.6. The molecule has 0 atom stereocenters. The SMILES string of the molecule is O=C(Nc1nccs1)c1coc(=O)c(Br)c1. The molecule has 0 unspecified atom stereocenters. The van der Waals surface area contributed by atoms with Crippen molar-refractivity contribution < 1.29 is 9.21 Å². The van der Waals surface area contributed by atoms with Gasteiger partial charge in [0.05, 0.1) is 5.56 Å². The van der Waals surface area contributed by atoms with Gasteiger partial charge in [0.15, 0.2) is 5.13 Å². The summed E-state index contributed by atoms with van der Waals surface area (Å²) in [5, 5.41) is 4.81. The van der Waals surface area contributed by atoms with Gasteiger partial charge in [0.25, 0.3) is 5.91 Å². The third-order valence-electron chi connectivity index (χ3n) is 1.69. The number of halogens is 1. The Balaban J connectivity index is 2.21. The van der Waals surface area contributed by atoms with Crippen molar-refractivity contribution in [3.05, 3.63) is 44.4 Å². The van der Waals surface area contributed by atoms with Crippen molar-refractivity contribution in [1.82, 2.24) is 4.98 Å². The van der Waals surface area contributed by atoms with Gasteiger partial charge >= 0.3 is 5.63 Å². The van der Waals surface area contributed by atoms with Gasteiger partial charge in [-0.1, -0.05) is 0 Å². The van der Waals surface area contributed by atoms with Crippen LogP contribution < -0.4 is 10.9 Å². The maximum Gasteiger partial charge on any atom is 0.350 e. The Morgan fingerprint density at radius 3 is 3.00 bits per heavy atom. The predicted molar refractivity (Wildman–Crippen MR) is 62.7 cm³/mol. The average molecular weight is 301 g/mol. The minimum Gasteiger partial charge on any atom is -0.430 e. The van der Waals surface area contributed by atoms with Crippen molar-refractivity contribution in [2.24, 2.45) is 0 Å². The zero-order valence-corrected chi connectivity index (χ0v) is 10.2. The van der Waals surface area contributed by atoms with E-state index in [0.29, 0.717) is 5.13 Å². The maximum absolute atomic E-state index is 11.6. The molecule has 0 radical (unpaired) electrons. The molecule has 0 spiro atoms. The van der Waals surface area contributed by atoms with Crippen molar-refractivity contribution in [3.63, 3.8) is 0 Å². The van der Waals surface area contributed by atoms with Crippen molar-refractivity contribution in [2.75, 3.05) is 5.32 Å². The normalized spacial score (nSPS) is 10.1. The lowest BCUT2D eigenvalue weighted by atomic mass is 10.3. The van der Waals surface area contributed by atoms with Gasteiger partial charge in [-0.2, -0.15) is 0 Å². The van der Waals surface area contributed by atoms with Crippen LogP contribution in [0.15, 0.2) is 37.6 Å². The standard InChI is InChI=1S/C9H5BrN2O3S/c10-6-3-5(4-15-8(6)14)7(13)12-9-11-1-2-16-9/h1-4H,(H,11,12,13). The third-order valence-corrected chi connectivity index (χ3v) is 2.93. The second-order valence-corrected chi connectivity index (χ2v) is 4.51. The Hall–Kier alpha value is -1.47. The summed E-state index contributed by atoms with van der Waals surface area (Å²) in [7, 11) is 0. The molecule has 7 heteroatoms. The summed E-state index contributed by atoms with van der Waals surface area (Å²) in [4.78, 5) is 26.5. The second kappa shape index (κ2) is 4.58. The Morgan fingerprint density at radius 1 is 1.56 bits per heavy atom. The van der Waals surface area contributed by atoms with Gasteiger partial charge in [0.1, 0.15) is 10.7 Å². The number of anilines is 1. The molecular weight excluding hydrogens is 296 g/mol. The molecule has 0 saturated heterocycles. The summed E-state index contributed by atoms with van der Waals surface area (Å²) in [5.41, 5.74) is -0.271. The van der Waals surface area contributed by atoms with E-state index in [1.165, 1.54) is 17.4 Å². The molecule has 1 N–H and O–H groups in total. The molecule has 0 aliphatic carbocycles. The molecule has 0 aliphatic heterocycles. The van der Waals surface area contributed by atoms with Gasteiger partial charge in [-0.3, -0.25) is 10.1 Å². The van der Waals surface area contributed by atoms with Crippen LogP contribution in [0.5, 0.6) is 0 Å². The van der Waals surface area contributed by atoms with Crippen LogP contribution in [0.25, 0.3) is 0 Å². The van der Waals surface area contributed by atoms with Crippen LogP contribution in [-0.2, 0) is 0 Å². The Kier molecular flexibility index (Phi) is 3.16. The van der Waals surface area contributed by atoms with Crippen molar-refractivity contribution >= 4 is 38.3 Å². The fraction of sp³-hybridized carbons (Fsp3) is 0. The third kappa shape index (κ3) is 2.37. The van der Waals surface area contributed by atoms with E-state index in [4.69, 9.17) is 0 Å². The highest BCUT2D eigenvalue weighted by atomic mass is 79.9. The molecule has 1 amide bonds. The molecule has 2 heterocycles. The predicted octanol–water partition coefficient (Wildman–Crippen LogP) is 2.11. The highest BCUT2D eigenvalue weighted by molar-refractivity contribution is 9.10. The Bertz CT molecular complexity index is 564. The van der Waals surface area contributed by atoms with Crippen molar-refractivity contribution in [1.29, 1.82) is 0 Å². The molecular formula is C9H5BrN2O3S. The average Bonchev–Trinajstić information content (AvgIpc) is 2.74. The summed E-state index contributed by atoms with van der Waals surface area (Å²) in [6.07, 6.45) is 2.69. The summed E-state index contributed by atoms with van der Waals surface area (Å²) >= 11 is 4.30. The van der Waals surface area contributed by atoms with Gasteiger partial charge in [0.2, 0.25) is 0 Å². The minimum atomic E-state index is -0.522. The highest BCUT2D eigenvalue weighted by Crippen LogP contribution is 2.13. The molecule has 2 aromatic rings. The van der Waals surface area contributed by atoms with Crippen LogP contribution in [0, 0.1) is 0 Å². The van der Waals surface area contributed by atoms with E-state index in [9.17, 15) is 9.59 Å². The number of hydrogen-bond acceptors (Lipinski definition) is 5. The molecule has 0 saturated carbocycles. The van der Waals surface area contributed by atoms with Gasteiger partial charge < -0.3 is 4.42 Å². The fourth-order valence-electron chi connectivity index (χ4n) is 0.976. The Labute approximate surface area is 102 Å². The number of aromatic nitrogens is 1. The van der Waals surface area contributed by atoms with Crippen LogP contribution in [0.4, 0.5) is 5.13 Å². The van der Waals surface area contributed by atoms with E-state index in [1.807, 2.05) is 0 Å². The lowest BCUT2D eigenvalue weighted by Crippen LogP contribution is -2.13. The number of amides is 1. The lowest BCUT2D eigenvalue weighted by Gasteiger charge is -2.00. The number of nitrogens with zero attached hydrogens (tertiary/aromatic N) is 1. The van der Waals surface area contributed by atoms with E-state index >= 15 is 0 Å². The first kappa shape index (κ1) is 11.0. The molecule has 0 aromatic carbocycles. The van der Waals surface area contributed by atoms with E-state index in [-0.39, 0.29) is 15.9 Å². The highest BCUT2D eigenvalue weighted by Gasteiger charge is 2.10. The fourth-order valence-corrected chi connectivity index (χ4v) is 1.84. The van der Waals surface area contributed by atoms with Crippen LogP contribution >= 0.6 is 27.3 Å². The number of carbonyl (C=O) groups excluding carboxylic acids is 1. The first-order valence-electron chi connectivity index (χ1n) is 4.16. The Morgan fingerprint density at radius 2 is 2.38 bits per heavy atom. The van der Waals surface area contributed by atoms with Gasteiger partial charge in [-0.25, -0.2) is 9.78 Å². The smallest absolute Gasteiger partial charge is 0.350 e. The summed E-state index contributed by atoms with van der Waals surface area (Å²) in [6, 6.07) is 1.40. The summed E-state index contributed by atoms with van der Waals surface area (Å²) in [6.45, 7) is 0. The largest absolute Gasteiger partial charge is 0.430 e. The first-order valence-corrected chi connectivity index (χ1v) is 5.83. The van der Waals surface area contributed by atoms with E-state index in [0.717, 1.165) is 6.26 Å². The summed E-state index contributed by atoms with van der Waals surface area (Å²) in [5.74, 6) is -0.376. The quantitative estimate of drug-likeness (QED) is 0.922. The number of rotatable bonds is 2. The van der Waals surface area contributed by atoms with E-state index < -0.39 is 5.63 Å². The second-order valence-electron chi connectivity index (χ2n) is 2.76. The van der Waals surface area contributed by atoms with Crippen LogP contribution in [0.3, 0.4) is 0 Å². The van der Waals surface area contributed by atoms with E-state index in [2.05, 4.69) is 30.6 Å². The number of thiazole rings is 1. The van der Waals surface area contributed by atoms with Gasteiger partial charge in [0, 0.05) is 11.6 Å². The lowest BCUT2D eigenvalue weighted by molar-refractivity contribution is 0.102. The molecule has 82 valence electrons. The topological polar surface area (TPSA) is 72.2 Å². The molecule has 0 aliphatic rings. The van der Waals surface area contributed by atoms with Crippen LogP contribution in [0.2, 0.25) is 0 Å². The molecule has 2 aromatic heterocycles. The van der Waals surface area contributed by atoms with Gasteiger partial charge in [-0.15, -0.1) is 11.3 Å².